The van der Waals surface area contributed by atoms with Crippen LogP contribution in [0.1, 0.15) is 20.8 Å². The molecule has 0 aliphatic rings. The largest absolute Gasteiger partial charge is 0.459 e. The number of nitrogens with one attached hydrogen (secondary N) is 1. The van der Waals surface area contributed by atoms with Crippen LogP contribution in [0.2, 0.25) is 0 Å². The van der Waals surface area contributed by atoms with Gasteiger partial charge in [0, 0.05) is 13.1 Å². The van der Waals surface area contributed by atoms with Crippen molar-refractivity contribution >= 4 is 5.97 Å². The standard InChI is InChI=1S/C9H20N2O3/c1-9(2,3)14-8(13)7(6-12)11-5-4-10/h7,11-12H,4-6,10H2,1-3H3. The lowest BCUT2D eigenvalue weighted by atomic mass is 10.2. The van der Waals surface area contributed by atoms with E-state index in [4.69, 9.17) is 15.6 Å². The first-order chi connectivity index (χ1) is 6.40. The van der Waals surface area contributed by atoms with Gasteiger partial charge < -0.3 is 20.9 Å². The molecule has 0 aromatic rings. The van der Waals surface area contributed by atoms with Gasteiger partial charge in [-0.05, 0) is 20.8 Å². The highest BCUT2D eigenvalue weighted by atomic mass is 16.6. The van der Waals surface area contributed by atoms with Crippen molar-refractivity contribution in [1.82, 2.24) is 5.32 Å². The SMILES string of the molecule is CC(C)(C)OC(=O)C(CO)NCCN. The minimum atomic E-state index is -0.683. The quantitative estimate of drug-likeness (QED) is 0.512. The fourth-order valence-corrected chi connectivity index (χ4v) is 0.853. The number of esters is 1. The lowest BCUT2D eigenvalue weighted by Gasteiger charge is -2.23. The minimum Gasteiger partial charge on any atom is -0.459 e. The summed E-state index contributed by atoms with van der Waals surface area (Å²) in [6, 6.07) is -0.683. The third-order valence-corrected chi connectivity index (χ3v) is 1.41. The van der Waals surface area contributed by atoms with Gasteiger partial charge in [0.05, 0.1) is 6.61 Å². The van der Waals surface area contributed by atoms with Crippen LogP contribution in [0.15, 0.2) is 0 Å². The molecule has 0 fully saturated rings. The monoisotopic (exact) mass is 204 g/mol. The molecule has 0 radical (unpaired) electrons. The summed E-state index contributed by atoms with van der Waals surface area (Å²) in [5.41, 5.74) is 4.73. The molecule has 0 aliphatic carbocycles. The average molecular weight is 204 g/mol. The molecule has 0 saturated carbocycles. The number of nitrogens with two attached hydrogens (primary N) is 1. The molecule has 5 heteroatoms. The molecule has 0 heterocycles. The van der Waals surface area contributed by atoms with Crippen molar-refractivity contribution in [3.8, 4) is 0 Å². The van der Waals surface area contributed by atoms with Crippen LogP contribution < -0.4 is 11.1 Å². The minimum absolute atomic E-state index is 0.283. The summed E-state index contributed by atoms with van der Waals surface area (Å²) in [4.78, 5) is 11.4. The molecule has 4 N–H and O–H groups in total. The predicted molar refractivity (Wildman–Crippen MR) is 53.8 cm³/mol. The number of aliphatic hydroxyl groups excluding tert-OH is 1. The van der Waals surface area contributed by atoms with E-state index < -0.39 is 17.6 Å². The van der Waals surface area contributed by atoms with E-state index in [-0.39, 0.29) is 6.61 Å². The van der Waals surface area contributed by atoms with E-state index in [1.165, 1.54) is 0 Å². The van der Waals surface area contributed by atoms with Crippen molar-refractivity contribution in [2.75, 3.05) is 19.7 Å². The first-order valence-electron chi connectivity index (χ1n) is 4.68. The molecule has 5 nitrogen and oxygen atoms in total. The molecule has 0 aromatic carbocycles. The number of carbonyl (C=O) groups is 1. The van der Waals surface area contributed by atoms with Gasteiger partial charge in [-0.3, -0.25) is 4.79 Å². The second kappa shape index (κ2) is 5.95. The lowest BCUT2D eigenvalue weighted by Crippen LogP contribution is -2.45. The lowest BCUT2D eigenvalue weighted by molar-refractivity contribution is -0.158. The van der Waals surface area contributed by atoms with Crippen LogP contribution in [0.4, 0.5) is 0 Å². The van der Waals surface area contributed by atoms with Crippen LogP contribution in [0.3, 0.4) is 0 Å². The molecule has 0 rings (SSSR count). The average Bonchev–Trinajstić information content (AvgIpc) is 2.02. The molecular weight excluding hydrogens is 184 g/mol. The number of hydrogen-bond donors (Lipinski definition) is 3. The number of aliphatic hydroxyl groups is 1. The van der Waals surface area contributed by atoms with Crippen LogP contribution in [0.25, 0.3) is 0 Å². The Hall–Kier alpha value is -0.650. The Morgan fingerprint density at radius 3 is 2.50 bits per heavy atom. The summed E-state index contributed by atoms with van der Waals surface area (Å²) in [5.74, 6) is -0.451. The molecule has 14 heavy (non-hydrogen) atoms. The normalized spacial score (nSPS) is 13.8. The van der Waals surface area contributed by atoms with Gasteiger partial charge in [0.25, 0.3) is 0 Å². The van der Waals surface area contributed by atoms with Crippen LogP contribution in [-0.2, 0) is 9.53 Å². The van der Waals surface area contributed by atoms with Crippen LogP contribution in [0.5, 0.6) is 0 Å². The zero-order chi connectivity index (χ0) is 11.2. The fraction of sp³-hybridized carbons (Fsp3) is 0.889. The van der Waals surface area contributed by atoms with Gasteiger partial charge in [0.2, 0.25) is 0 Å². The zero-order valence-corrected chi connectivity index (χ0v) is 9.04. The highest BCUT2D eigenvalue weighted by Crippen LogP contribution is 2.08. The van der Waals surface area contributed by atoms with E-state index in [0.29, 0.717) is 13.1 Å². The summed E-state index contributed by atoms with van der Waals surface area (Å²) < 4.78 is 5.09. The Morgan fingerprint density at radius 2 is 2.14 bits per heavy atom. The first-order valence-corrected chi connectivity index (χ1v) is 4.68. The zero-order valence-electron chi connectivity index (χ0n) is 9.04. The van der Waals surface area contributed by atoms with Crippen molar-refractivity contribution in [2.45, 2.75) is 32.4 Å². The molecule has 0 aliphatic heterocycles. The maximum absolute atomic E-state index is 11.4. The van der Waals surface area contributed by atoms with E-state index in [1.807, 2.05) is 0 Å². The second-order valence-corrected chi connectivity index (χ2v) is 4.01. The van der Waals surface area contributed by atoms with E-state index in [1.54, 1.807) is 20.8 Å². The van der Waals surface area contributed by atoms with Crippen molar-refractivity contribution in [3.05, 3.63) is 0 Å². The molecule has 0 amide bonds. The topological polar surface area (TPSA) is 84.6 Å². The molecular formula is C9H20N2O3. The van der Waals surface area contributed by atoms with Crippen molar-refractivity contribution in [2.24, 2.45) is 5.73 Å². The summed E-state index contributed by atoms with van der Waals surface area (Å²) in [7, 11) is 0. The number of carbonyl (C=O) groups excluding carboxylic acids is 1. The van der Waals surface area contributed by atoms with Crippen molar-refractivity contribution in [1.29, 1.82) is 0 Å². The van der Waals surface area contributed by atoms with Gasteiger partial charge in [-0.1, -0.05) is 0 Å². The molecule has 0 bridgehead atoms. The number of hydrogen-bond acceptors (Lipinski definition) is 5. The third kappa shape index (κ3) is 5.90. The number of ether oxygens (including phenoxy) is 1. The third-order valence-electron chi connectivity index (χ3n) is 1.41. The van der Waals surface area contributed by atoms with Gasteiger partial charge in [0.15, 0.2) is 0 Å². The van der Waals surface area contributed by atoms with Gasteiger partial charge in [-0.15, -0.1) is 0 Å². The molecule has 1 unspecified atom stereocenters. The summed E-state index contributed by atoms with van der Waals surface area (Å²) >= 11 is 0. The Bertz CT molecular complexity index is 177. The van der Waals surface area contributed by atoms with Crippen molar-refractivity contribution < 1.29 is 14.6 Å². The second-order valence-electron chi connectivity index (χ2n) is 4.01. The van der Waals surface area contributed by atoms with E-state index >= 15 is 0 Å². The Balaban J connectivity index is 4.04. The summed E-state index contributed by atoms with van der Waals surface area (Å²) in [6.45, 7) is 5.95. The molecule has 1 atom stereocenters. The highest BCUT2D eigenvalue weighted by molar-refractivity contribution is 5.76. The van der Waals surface area contributed by atoms with Crippen LogP contribution in [-0.4, -0.2) is 42.4 Å². The summed E-state index contributed by atoms with van der Waals surface area (Å²) in [5, 5.41) is 11.7. The van der Waals surface area contributed by atoms with E-state index in [9.17, 15) is 4.79 Å². The molecule has 0 spiro atoms. The highest BCUT2D eigenvalue weighted by Gasteiger charge is 2.23. The molecule has 84 valence electrons. The maximum atomic E-state index is 11.4. The van der Waals surface area contributed by atoms with Gasteiger partial charge in [0.1, 0.15) is 11.6 Å². The van der Waals surface area contributed by atoms with Gasteiger partial charge in [-0.25, -0.2) is 0 Å². The molecule has 0 aromatic heterocycles. The van der Waals surface area contributed by atoms with E-state index in [0.717, 1.165) is 0 Å². The molecule has 0 saturated heterocycles. The smallest absolute Gasteiger partial charge is 0.326 e. The Kier molecular flexibility index (Phi) is 5.68. The maximum Gasteiger partial charge on any atom is 0.326 e. The van der Waals surface area contributed by atoms with Gasteiger partial charge >= 0.3 is 5.97 Å². The van der Waals surface area contributed by atoms with E-state index in [2.05, 4.69) is 5.32 Å². The predicted octanol–water partition coefficient (Wildman–Crippen LogP) is -0.763. The number of rotatable bonds is 5. The fourth-order valence-electron chi connectivity index (χ4n) is 0.853. The van der Waals surface area contributed by atoms with Crippen LogP contribution in [0, 0.1) is 0 Å². The Morgan fingerprint density at radius 1 is 1.57 bits per heavy atom. The van der Waals surface area contributed by atoms with Crippen molar-refractivity contribution in [3.63, 3.8) is 0 Å². The first kappa shape index (κ1) is 13.4. The van der Waals surface area contributed by atoms with Gasteiger partial charge in [-0.2, -0.15) is 0 Å². The summed E-state index contributed by atoms with van der Waals surface area (Å²) in [6.07, 6.45) is 0. The Labute approximate surface area is 84.6 Å². The van der Waals surface area contributed by atoms with Crippen LogP contribution >= 0.6 is 0 Å².